The van der Waals surface area contributed by atoms with Gasteiger partial charge in [0.2, 0.25) is 0 Å². The Balaban J connectivity index is 1.53. The molecule has 7 heteroatoms. The maximum Gasteiger partial charge on any atom is 0.272 e. The third-order valence-electron chi connectivity index (χ3n) is 4.89. The second-order valence-electron chi connectivity index (χ2n) is 6.99. The zero-order valence-electron chi connectivity index (χ0n) is 15.7. The first-order valence-electron chi connectivity index (χ1n) is 9.15. The van der Waals surface area contributed by atoms with Crippen LogP contribution in [0.15, 0.2) is 24.3 Å². The van der Waals surface area contributed by atoms with Crippen LogP contribution in [-0.2, 0) is 13.0 Å². The summed E-state index contributed by atoms with van der Waals surface area (Å²) in [7, 11) is 0. The number of H-pyrrole nitrogens is 1. The molecule has 0 bridgehead atoms. The number of nitrogens with one attached hydrogen (secondary N) is 3. The summed E-state index contributed by atoms with van der Waals surface area (Å²) in [4.78, 5) is 18.5. The number of carbonyl (C=O) groups is 1. The number of benzene rings is 1. The molecule has 3 N–H and O–H groups in total. The summed E-state index contributed by atoms with van der Waals surface area (Å²) >= 11 is 1.63. The van der Waals surface area contributed by atoms with E-state index < -0.39 is 0 Å². The monoisotopic (exact) mass is 381 g/mol. The van der Waals surface area contributed by atoms with Crippen LogP contribution in [0, 0.1) is 13.8 Å². The Bertz CT molecular complexity index is 973. The smallest absolute Gasteiger partial charge is 0.272 e. The molecule has 1 aliphatic heterocycles. The average Bonchev–Trinajstić information content (AvgIpc) is 3.26. The van der Waals surface area contributed by atoms with Crippen molar-refractivity contribution in [3.63, 3.8) is 0 Å². The van der Waals surface area contributed by atoms with Crippen LogP contribution in [0.2, 0.25) is 0 Å². The summed E-state index contributed by atoms with van der Waals surface area (Å²) < 4.78 is 0. The number of aryl methyl sites for hydroxylation is 2. The zero-order chi connectivity index (χ0) is 19.0. The van der Waals surface area contributed by atoms with E-state index >= 15 is 0 Å². The lowest BCUT2D eigenvalue weighted by molar-refractivity contribution is 0.0934. The van der Waals surface area contributed by atoms with Crippen molar-refractivity contribution in [3.8, 4) is 10.6 Å². The maximum absolute atomic E-state index is 12.7. The lowest BCUT2D eigenvalue weighted by atomic mass is 10.1. The van der Waals surface area contributed by atoms with E-state index in [1.54, 1.807) is 11.3 Å². The van der Waals surface area contributed by atoms with Gasteiger partial charge in [0.05, 0.1) is 16.6 Å². The zero-order valence-corrected chi connectivity index (χ0v) is 16.5. The van der Waals surface area contributed by atoms with E-state index in [0.717, 1.165) is 45.4 Å². The Morgan fingerprint density at radius 3 is 2.81 bits per heavy atom. The highest BCUT2D eigenvalue weighted by atomic mass is 32.1. The molecule has 1 amide bonds. The molecule has 0 spiro atoms. The van der Waals surface area contributed by atoms with Crippen LogP contribution in [0.4, 0.5) is 0 Å². The van der Waals surface area contributed by atoms with Gasteiger partial charge in [-0.1, -0.05) is 29.8 Å². The Kier molecular flexibility index (Phi) is 4.80. The predicted molar refractivity (Wildman–Crippen MR) is 107 cm³/mol. The summed E-state index contributed by atoms with van der Waals surface area (Å²) in [5.41, 5.74) is 5.81. The first kappa shape index (κ1) is 17.9. The minimum atomic E-state index is -0.145. The van der Waals surface area contributed by atoms with Crippen molar-refractivity contribution in [2.45, 2.75) is 39.8 Å². The molecule has 6 nitrogen and oxygen atoms in total. The minimum absolute atomic E-state index is 0.127. The molecule has 27 heavy (non-hydrogen) atoms. The van der Waals surface area contributed by atoms with Gasteiger partial charge in [0.25, 0.3) is 5.91 Å². The van der Waals surface area contributed by atoms with Gasteiger partial charge >= 0.3 is 0 Å². The van der Waals surface area contributed by atoms with Crippen LogP contribution >= 0.6 is 11.3 Å². The highest BCUT2D eigenvalue weighted by Gasteiger charge is 2.24. The number of amides is 1. The van der Waals surface area contributed by atoms with Gasteiger partial charge in [-0.15, -0.1) is 11.3 Å². The van der Waals surface area contributed by atoms with E-state index in [1.165, 1.54) is 5.56 Å². The van der Waals surface area contributed by atoms with Gasteiger partial charge in [-0.05, 0) is 20.8 Å². The van der Waals surface area contributed by atoms with Crippen molar-refractivity contribution in [1.29, 1.82) is 0 Å². The highest BCUT2D eigenvalue weighted by molar-refractivity contribution is 7.15. The summed E-state index contributed by atoms with van der Waals surface area (Å²) in [5.74, 6) is -0.145. The van der Waals surface area contributed by atoms with E-state index in [9.17, 15) is 4.79 Å². The van der Waals surface area contributed by atoms with E-state index in [0.29, 0.717) is 12.2 Å². The van der Waals surface area contributed by atoms with Crippen LogP contribution in [0.1, 0.15) is 50.8 Å². The van der Waals surface area contributed by atoms with Crippen molar-refractivity contribution in [1.82, 2.24) is 25.8 Å². The molecule has 0 fully saturated rings. The fourth-order valence-electron chi connectivity index (χ4n) is 3.37. The first-order valence-corrected chi connectivity index (χ1v) is 9.96. The van der Waals surface area contributed by atoms with Gasteiger partial charge in [-0.3, -0.25) is 9.89 Å². The molecule has 2 aromatic heterocycles. The lowest BCUT2D eigenvalue weighted by Crippen LogP contribution is -2.30. The number of hydrogen-bond donors (Lipinski definition) is 3. The summed E-state index contributed by atoms with van der Waals surface area (Å²) in [6.07, 6.45) is 0.874. The summed E-state index contributed by atoms with van der Waals surface area (Å²) in [6, 6.07) is 8.23. The van der Waals surface area contributed by atoms with Crippen molar-refractivity contribution in [3.05, 3.63) is 57.4 Å². The van der Waals surface area contributed by atoms with Gasteiger partial charge in [-0.2, -0.15) is 5.10 Å². The Labute approximate surface area is 162 Å². The Morgan fingerprint density at radius 1 is 1.26 bits per heavy atom. The molecule has 140 valence electrons. The second-order valence-corrected chi connectivity index (χ2v) is 8.02. The number of aromatic amines is 1. The molecule has 0 saturated carbocycles. The molecule has 1 unspecified atom stereocenters. The molecule has 3 heterocycles. The van der Waals surface area contributed by atoms with E-state index in [1.807, 2.05) is 13.8 Å². The third kappa shape index (κ3) is 3.52. The molecule has 0 radical (unpaired) electrons. The van der Waals surface area contributed by atoms with Crippen molar-refractivity contribution >= 4 is 17.2 Å². The van der Waals surface area contributed by atoms with Gasteiger partial charge in [0.1, 0.15) is 5.01 Å². The van der Waals surface area contributed by atoms with Crippen molar-refractivity contribution < 1.29 is 4.79 Å². The number of hydrogen-bond acceptors (Lipinski definition) is 5. The van der Waals surface area contributed by atoms with Crippen LogP contribution in [0.25, 0.3) is 10.6 Å². The minimum Gasteiger partial charge on any atom is -0.343 e. The standard InChI is InChI=1S/C20H23N5OS/c1-11-4-6-14(7-5-11)20-23-13(3)18(27-20)12(2)22-19(26)17-15-10-21-9-8-16(15)24-25-17/h4-7,12,21H,8-10H2,1-3H3,(H,22,26)(H,24,25). The fourth-order valence-corrected chi connectivity index (χ4v) is 4.45. The van der Waals surface area contributed by atoms with Gasteiger partial charge in [0.15, 0.2) is 5.69 Å². The van der Waals surface area contributed by atoms with Gasteiger partial charge < -0.3 is 10.6 Å². The summed E-state index contributed by atoms with van der Waals surface area (Å²) in [5, 5.41) is 14.6. The molecule has 1 aliphatic rings. The quantitative estimate of drug-likeness (QED) is 0.648. The first-order chi connectivity index (χ1) is 13.0. The maximum atomic E-state index is 12.7. The fraction of sp³-hybridized carbons (Fsp3) is 0.350. The van der Waals surface area contributed by atoms with Crippen LogP contribution < -0.4 is 10.6 Å². The second kappa shape index (κ2) is 7.25. The lowest BCUT2D eigenvalue weighted by Gasteiger charge is -2.15. The molecule has 1 aromatic carbocycles. The van der Waals surface area contributed by atoms with Crippen LogP contribution in [0.3, 0.4) is 0 Å². The number of thiazole rings is 1. The number of rotatable bonds is 4. The largest absolute Gasteiger partial charge is 0.343 e. The molecule has 0 aliphatic carbocycles. The highest BCUT2D eigenvalue weighted by Crippen LogP contribution is 2.32. The summed E-state index contributed by atoms with van der Waals surface area (Å²) in [6.45, 7) is 7.65. The molecule has 3 aromatic rings. The van der Waals surface area contributed by atoms with Crippen LogP contribution in [0.5, 0.6) is 0 Å². The number of nitrogens with zero attached hydrogens (tertiary/aromatic N) is 2. The van der Waals surface area contributed by atoms with Crippen LogP contribution in [-0.4, -0.2) is 27.6 Å². The molecule has 1 atom stereocenters. The third-order valence-corrected chi connectivity index (χ3v) is 6.28. The van der Waals surface area contributed by atoms with Gasteiger partial charge in [-0.25, -0.2) is 4.98 Å². The van der Waals surface area contributed by atoms with Gasteiger partial charge in [0, 0.05) is 36.3 Å². The van der Waals surface area contributed by atoms with E-state index in [2.05, 4.69) is 52.0 Å². The molecule has 0 saturated heterocycles. The Morgan fingerprint density at radius 2 is 2.04 bits per heavy atom. The number of fused-ring (bicyclic) bond motifs is 1. The van der Waals surface area contributed by atoms with E-state index in [-0.39, 0.29) is 11.9 Å². The molecular formula is C20H23N5OS. The number of aromatic nitrogens is 3. The normalized spacial score (nSPS) is 14.6. The van der Waals surface area contributed by atoms with Crippen molar-refractivity contribution in [2.75, 3.05) is 6.54 Å². The topological polar surface area (TPSA) is 82.7 Å². The average molecular weight is 382 g/mol. The van der Waals surface area contributed by atoms with E-state index in [4.69, 9.17) is 4.98 Å². The Hall–Kier alpha value is -2.51. The predicted octanol–water partition coefficient (Wildman–Crippen LogP) is 3.29. The van der Waals surface area contributed by atoms with Crippen molar-refractivity contribution in [2.24, 2.45) is 0 Å². The molecule has 4 rings (SSSR count). The SMILES string of the molecule is Cc1ccc(-c2nc(C)c(C(C)NC(=O)c3n[nH]c4c3CNCC4)s2)cc1. The molecular weight excluding hydrogens is 358 g/mol. The number of carbonyl (C=O) groups excluding carboxylic acids is 1.